The van der Waals surface area contributed by atoms with E-state index in [4.69, 9.17) is 5.73 Å². The van der Waals surface area contributed by atoms with Crippen molar-refractivity contribution in [3.8, 4) is 0 Å². The molecule has 0 saturated heterocycles. The van der Waals surface area contributed by atoms with Crippen LogP contribution in [-0.2, 0) is 0 Å². The Hall–Kier alpha value is -2.63. The van der Waals surface area contributed by atoms with Gasteiger partial charge >= 0.3 is 6.03 Å². The number of anilines is 2. The Balaban J connectivity index is 2.11. The molecule has 0 aliphatic rings. The van der Waals surface area contributed by atoms with Crippen molar-refractivity contribution in [1.82, 2.24) is 0 Å². The predicted molar refractivity (Wildman–Crippen MR) is 78.0 cm³/mol. The van der Waals surface area contributed by atoms with Gasteiger partial charge in [-0.15, -0.1) is 0 Å². The van der Waals surface area contributed by atoms with E-state index < -0.39 is 17.7 Å². The molecule has 4 N–H and O–H groups in total. The predicted octanol–water partition coefficient (Wildman–Crippen LogP) is 3.63. The molecule has 0 heterocycles. The van der Waals surface area contributed by atoms with E-state index in [1.165, 1.54) is 0 Å². The zero-order chi connectivity index (χ0) is 15.4. The van der Waals surface area contributed by atoms with Gasteiger partial charge in [-0.05, 0) is 42.8 Å². The van der Waals surface area contributed by atoms with Crippen LogP contribution in [0.5, 0.6) is 0 Å². The Morgan fingerprint density at radius 1 is 1.14 bits per heavy atom. The summed E-state index contributed by atoms with van der Waals surface area (Å²) in [7, 11) is 0. The minimum Gasteiger partial charge on any atom is -0.376 e. The number of benzene rings is 2. The highest BCUT2D eigenvalue weighted by atomic mass is 19.1. The zero-order valence-electron chi connectivity index (χ0n) is 11.4. The number of carbonyl (C=O) groups is 1. The van der Waals surface area contributed by atoms with Crippen LogP contribution in [0.15, 0.2) is 42.5 Å². The van der Waals surface area contributed by atoms with E-state index in [0.29, 0.717) is 5.69 Å². The van der Waals surface area contributed by atoms with Crippen LogP contribution in [0.3, 0.4) is 0 Å². The quantitative estimate of drug-likeness (QED) is 0.805. The number of hydrogen-bond donors (Lipinski definition) is 3. The van der Waals surface area contributed by atoms with E-state index in [1.54, 1.807) is 24.3 Å². The highest BCUT2D eigenvalue weighted by Gasteiger charge is 2.09. The highest BCUT2D eigenvalue weighted by Crippen LogP contribution is 2.23. The number of halogens is 2. The smallest absolute Gasteiger partial charge is 0.316 e. The molecule has 1 atom stereocenters. The fourth-order valence-electron chi connectivity index (χ4n) is 1.92. The summed E-state index contributed by atoms with van der Waals surface area (Å²) in [6, 6.07) is 9.26. The second-order valence-corrected chi connectivity index (χ2v) is 4.60. The number of hydrogen-bond acceptors (Lipinski definition) is 2. The van der Waals surface area contributed by atoms with Crippen LogP contribution in [0, 0.1) is 11.6 Å². The number of nitrogens with one attached hydrogen (secondary N) is 2. The second kappa shape index (κ2) is 6.21. The van der Waals surface area contributed by atoms with Gasteiger partial charge in [-0.1, -0.05) is 12.1 Å². The molecule has 0 aliphatic carbocycles. The number of urea groups is 1. The maximum absolute atomic E-state index is 13.6. The lowest BCUT2D eigenvalue weighted by molar-refractivity contribution is 0.259. The normalized spacial score (nSPS) is 11.8. The van der Waals surface area contributed by atoms with Gasteiger partial charge in [0, 0.05) is 11.7 Å². The lowest BCUT2D eigenvalue weighted by atomic mass is 10.1. The molecule has 0 bridgehead atoms. The van der Waals surface area contributed by atoms with Crippen molar-refractivity contribution >= 4 is 17.4 Å². The monoisotopic (exact) mass is 291 g/mol. The van der Waals surface area contributed by atoms with Gasteiger partial charge in [0.1, 0.15) is 11.6 Å². The van der Waals surface area contributed by atoms with Crippen LogP contribution in [0.1, 0.15) is 18.5 Å². The van der Waals surface area contributed by atoms with Gasteiger partial charge in [-0.2, -0.15) is 0 Å². The zero-order valence-corrected chi connectivity index (χ0v) is 11.4. The molecule has 2 aromatic rings. The molecule has 1 unspecified atom stereocenters. The van der Waals surface area contributed by atoms with Crippen molar-refractivity contribution in [3.63, 3.8) is 0 Å². The first-order valence-corrected chi connectivity index (χ1v) is 6.33. The summed E-state index contributed by atoms with van der Waals surface area (Å²) in [5.74, 6) is -1.03. The van der Waals surface area contributed by atoms with E-state index in [9.17, 15) is 13.6 Å². The van der Waals surface area contributed by atoms with Crippen LogP contribution >= 0.6 is 0 Å². The van der Waals surface area contributed by atoms with Crippen molar-refractivity contribution in [2.75, 3.05) is 10.6 Å². The van der Waals surface area contributed by atoms with E-state index in [-0.39, 0.29) is 11.7 Å². The molecule has 0 fully saturated rings. The molecule has 2 amide bonds. The summed E-state index contributed by atoms with van der Waals surface area (Å²) in [5, 5.41) is 5.35. The van der Waals surface area contributed by atoms with Gasteiger partial charge in [0.05, 0.1) is 5.69 Å². The maximum atomic E-state index is 13.6. The van der Waals surface area contributed by atoms with Gasteiger partial charge in [-0.3, -0.25) is 0 Å². The van der Waals surface area contributed by atoms with Crippen LogP contribution in [0.25, 0.3) is 0 Å². The third kappa shape index (κ3) is 3.92. The Morgan fingerprint density at radius 2 is 1.81 bits per heavy atom. The Bertz CT molecular complexity index is 644. The molecule has 6 heteroatoms. The molecular formula is C15H15F2N3O. The van der Waals surface area contributed by atoms with E-state index in [2.05, 4.69) is 10.6 Å². The first kappa shape index (κ1) is 14.8. The fourth-order valence-corrected chi connectivity index (χ4v) is 1.92. The van der Waals surface area contributed by atoms with E-state index >= 15 is 0 Å². The summed E-state index contributed by atoms with van der Waals surface area (Å²) in [5.41, 5.74) is 6.54. The van der Waals surface area contributed by atoms with Gasteiger partial charge in [0.15, 0.2) is 0 Å². The van der Waals surface area contributed by atoms with Crippen molar-refractivity contribution in [2.24, 2.45) is 5.73 Å². The van der Waals surface area contributed by atoms with Crippen LogP contribution in [-0.4, -0.2) is 6.03 Å². The van der Waals surface area contributed by atoms with E-state index in [0.717, 1.165) is 23.8 Å². The SMILES string of the molecule is CC(Nc1cc(F)ccc1F)c1ccc(NC(N)=O)cc1. The Labute approximate surface area is 121 Å². The fraction of sp³-hybridized carbons (Fsp3) is 0.133. The standard InChI is InChI=1S/C15H15F2N3O/c1-9(19-14-8-11(16)4-7-13(14)17)10-2-5-12(6-3-10)20-15(18)21/h2-9,19H,1H3,(H3,18,20,21). The molecule has 4 nitrogen and oxygen atoms in total. The summed E-state index contributed by atoms with van der Waals surface area (Å²) in [4.78, 5) is 10.7. The van der Waals surface area contributed by atoms with Gasteiger partial charge < -0.3 is 16.4 Å². The first-order valence-electron chi connectivity index (χ1n) is 6.33. The topological polar surface area (TPSA) is 67.2 Å². The number of primary amides is 1. The van der Waals surface area contributed by atoms with E-state index in [1.807, 2.05) is 6.92 Å². The largest absolute Gasteiger partial charge is 0.376 e. The minimum atomic E-state index is -0.643. The van der Waals surface area contributed by atoms with Crippen molar-refractivity contribution in [1.29, 1.82) is 0 Å². The lowest BCUT2D eigenvalue weighted by Crippen LogP contribution is -2.19. The summed E-state index contributed by atoms with van der Waals surface area (Å²) in [6.07, 6.45) is 0. The van der Waals surface area contributed by atoms with Crippen molar-refractivity contribution in [3.05, 3.63) is 59.7 Å². The van der Waals surface area contributed by atoms with Crippen molar-refractivity contribution < 1.29 is 13.6 Å². The van der Waals surface area contributed by atoms with Gasteiger partial charge in [0.2, 0.25) is 0 Å². The highest BCUT2D eigenvalue weighted by molar-refractivity contribution is 5.87. The molecule has 0 radical (unpaired) electrons. The Morgan fingerprint density at radius 3 is 2.43 bits per heavy atom. The van der Waals surface area contributed by atoms with Gasteiger partial charge in [0.25, 0.3) is 0 Å². The first-order chi connectivity index (χ1) is 9.95. The molecule has 21 heavy (non-hydrogen) atoms. The summed E-state index contributed by atoms with van der Waals surface area (Å²) >= 11 is 0. The number of amides is 2. The maximum Gasteiger partial charge on any atom is 0.316 e. The Kier molecular flexibility index (Phi) is 4.37. The average Bonchev–Trinajstić information content (AvgIpc) is 2.43. The molecule has 0 spiro atoms. The molecule has 110 valence electrons. The lowest BCUT2D eigenvalue weighted by Gasteiger charge is -2.16. The third-order valence-electron chi connectivity index (χ3n) is 2.98. The van der Waals surface area contributed by atoms with Crippen molar-refractivity contribution in [2.45, 2.75) is 13.0 Å². The van der Waals surface area contributed by atoms with Gasteiger partial charge in [-0.25, -0.2) is 13.6 Å². The molecule has 2 aromatic carbocycles. The number of nitrogens with two attached hydrogens (primary N) is 1. The third-order valence-corrected chi connectivity index (χ3v) is 2.98. The molecule has 0 aromatic heterocycles. The number of carbonyl (C=O) groups excluding carboxylic acids is 1. The molecule has 0 aliphatic heterocycles. The summed E-state index contributed by atoms with van der Waals surface area (Å²) in [6.45, 7) is 1.82. The second-order valence-electron chi connectivity index (χ2n) is 4.60. The van der Waals surface area contributed by atoms with Crippen LogP contribution < -0.4 is 16.4 Å². The summed E-state index contributed by atoms with van der Waals surface area (Å²) < 4.78 is 26.7. The molecular weight excluding hydrogens is 276 g/mol. The molecule has 0 saturated carbocycles. The molecule has 2 rings (SSSR count). The van der Waals surface area contributed by atoms with Crippen LogP contribution in [0.2, 0.25) is 0 Å². The average molecular weight is 291 g/mol. The number of rotatable bonds is 4. The van der Waals surface area contributed by atoms with Crippen LogP contribution in [0.4, 0.5) is 25.0 Å². The minimum absolute atomic E-state index is 0.0989.